The number of fused-ring (bicyclic) bond motifs is 1. The topological polar surface area (TPSA) is 95.0 Å². The maximum Gasteiger partial charge on any atom is 0.353 e. The van der Waals surface area contributed by atoms with Crippen molar-refractivity contribution >= 4 is 35.3 Å². The summed E-state index contributed by atoms with van der Waals surface area (Å²) in [5.74, 6) is -2.34. The van der Waals surface area contributed by atoms with Crippen molar-refractivity contribution in [1.29, 1.82) is 0 Å². The number of carboxylic acids is 1. The van der Waals surface area contributed by atoms with E-state index in [1.807, 2.05) is 30.3 Å². The van der Waals surface area contributed by atoms with Gasteiger partial charge in [-0.1, -0.05) is 30.3 Å². The van der Waals surface area contributed by atoms with Gasteiger partial charge in [-0.15, -0.1) is 11.8 Å². The van der Waals surface area contributed by atoms with Crippen LogP contribution in [0.4, 0.5) is 0 Å². The predicted molar refractivity (Wildman–Crippen MR) is 94.9 cm³/mol. The molecule has 2 aliphatic rings. The molecule has 1 fully saturated rings. The van der Waals surface area contributed by atoms with Crippen molar-refractivity contribution in [1.82, 2.24) is 9.80 Å². The third kappa shape index (κ3) is 3.12. The van der Waals surface area contributed by atoms with Crippen LogP contribution in [-0.4, -0.2) is 56.3 Å². The summed E-state index contributed by atoms with van der Waals surface area (Å²) in [4.78, 5) is 50.9. The monoisotopic (exact) mass is 374 g/mol. The van der Waals surface area contributed by atoms with Crippen LogP contribution in [0.3, 0.4) is 0 Å². The Bertz CT molecular complexity index is 820. The number of hydrogen-bond acceptors (Lipinski definition) is 5. The molecule has 2 atom stereocenters. The minimum atomic E-state index is -1.33. The maximum absolute atomic E-state index is 12.7. The first-order chi connectivity index (χ1) is 12.3. The minimum absolute atomic E-state index is 0.0179. The van der Waals surface area contributed by atoms with E-state index in [0.717, 1.165) is 10.5 Å². The lowest BCUT2D eigenvalue weighted by Crippen LogP contribution is -2.58. The number of carbonyl (C=O) groups excluding carboxylic acids is 3. The van der Waals surface area contributed by atoms with Gasteiger partial charge in [0.2, 0.25) is 11.8 Å². The normalized spacial score (nSPS) is 21.8. The summed E-state index contributed by atoms with van der Waals surface area (Å²) in [7, 11) is 1.56. The molecule has 0 spiro atoms. The lowest BCUT2D eigenvalue weighted by atomic mass is 10.0. The molecule has 2 unspecified atom stereocenters. The molecule has 7 nitrogen and oxygen atoms in total. The quantitative estimate of drug-likeness (QED) is 0.780. The number of benzene rings is 1. The summed E-state index contributed by atoms with van der Waals surface area (Å²) < 4.78 is 0. The second-order valence-corrected chi connectivity index (χ2v) is 7.46. The highest BCUT2D eigenvalue weighted by Gasteiger charge is 2.50. The number of thioether (sulfide) groups is 1. The van der Waals surface area contributed by atoms with Gasteiger partial charge in [0.15, 0.2) is 5.78 Å². The van der Waals surface area contributed by atoms with Crippen LogP contribution in [-0.2, 0) is 25.6 Å². The number of aliphatic carboxylic acids is 1. The number of carbonyl (C=O) groups is 4. The Morgan fingerprint density at radius 3 is 2.46 bits per heavy atom. The molecule has 8 heteroatoms. The van der Waals surface area contributed by atoms with Gasteiger partial charge in [-0.05, 0) is 12.5 Å². The molecule has 0 bridgehead atoms. The number of likely N-dealkylation sites (N-methyl/N-ethyl adjacent to an activating group) is 1. The molecule has 136 valence electrons. The molecule has 26 heavy (non-hydrogen) atoms. The van der Waals surface area contributed by atoms with Crippen molar-refractivity contribution in [2.45, 2.75) is 30.5 Å². The number of nitrogens with zero attached hydrogens (tertiary/aromatic N) is 2. The molecule has 1 N–H and O–H groups in total. The van der Waals surface area contributed by atoms with E-state index >= 15 is 0 Å². The zero-order chi connectivity index (χ0) is 19.0. The first-order valence-corrected chi connectivity index (χ1v) is 9.01. The van der Waals surface area contributed by atoms with Crippen LogP contribution in [0.15, 0.2) is 41.6 Å². The van der Waals surface area contributed by atoms with Gasteiger partial charge >= 0.3 is 5.97 Å². The molecule has 0 aliphatic carbocycles. The van der Waals surface area contributed by atoms with Crippen molar-refractivity contribution in [3.63, 3.8) is 0 Å². The molecule has 0 aromatic heterocycles. The fourth-order valence-electron chi connectivity index (χ4n) is 3.10. The predicted octanol–water partition coefficient (Wildman–Crippen LogP) is 1.25. The second-order valence-electron chi connectivity index (χ2n) is 6.20. The van der Waals surface area contributed by atoms with Crippen LogP contribution in [0.2, 0.25) is 0 Å². The Morgan fingerprint density at radius 2 is 1.92 bits per heavy atom. The molecule has 1 saturated heterocycles. The number of β-lactam (4-membered cyclic amide) rings is 1. The molecule has 1 aromatic carbocycles. The van der Waals surface area contributed by atoms with E-state index in [9.17, 15) is 24.3 Å². The van der Waals surface area contributed by atoms with E-state index < -0.39 is 17.1 Å². The van der Waals surface area contributed by atoms with Crippen molar-refractivity contribution < 1.29 is 24.3 Å². The van der Waals surface area contributed by atoms with Crippen molar-refractivity contribution in [2.75, 3.05) is 7.05 Å². The highest BCUT2D eigenvalue weighted by molar-refractivity contribution is 8.00. The van der Waals surface area contributed by atoms with Gasteiger partial charge < -0.3 is 10.0 Å². The molecule has 2 aliphatic heterocycles. The molecule has 2 heterocycles. The maximum atomic E-state index is 12.7. The Labute approximate surface area is 154 Å². The zero-order valence-electron chi connectivity index (χ0n) is 14.3. The summed E-state index contributed by atoms with van der Waals surface area (Å²) in [6.45, 7) is 1.26. The number of rotatable bonds is 5. The average molecular weight is 374 g/mol. The fourth-order valence-corrected chi connectivity index (χ4v) is 4.69. The summed E-state index contributed by atoms with van der Waals surface area (Å²) in [5.41, 5.74) is 0.509. The summed E-state index contributed by atoms with van der Waals surface area (Å²) in [6, 6.07) is 9.18. The van der Waals surface area contributed by atoms with E-state index in [2.05, 4.69) is 0 Å². The van der Waals surface area contributed by atoms with Crippen LogP contribution in [0.1, 0.15) is 18.9 Å². The zero-order valence-corrected chi connectivity index (χ0v) is 15.2. The van der Waals surface area contributed by atoms with Crippen LogP contribution in [0.25, 0.3) is 0 Å². The summed E-state index contributed by atoms with van der Waals surface area (Å²) in [5, 5.41) is 8.45. The van der Waals surface area contributed by atoms with E-state index in [-0.39, 0.29) is 41.3 Å². The molecular formula is C18H18N2O5S. The van der Waals surface area contributed by atoms with Gasteiger partial charge in [0.05, 0.1) is 23.8 Å². The third-order valence-corrected chi connectivity index (χ3v) is 5.96. The average Bonchev–Trinajstić information content (AvgIpc) is 2.59. The Hall–Kier alpha value is -2.61. The highest BCUT2D eigenvalue weighted by Crippen LogP contribution is 2.45. The van der Waals surface area contributed by atoms with Crippen LogP contribution in [0.5, 0.6) is 0 Å². The lowest BCUT2D eigenvalue weighted by molar-refractivity contribution is -0.146. The van der Waals surface area contributed by atoms with Gasteiger partial charge in [0, 0.05) is 7.05 Å². The molecule has 3 rings (SSSR count). The largest absolute Gasteiger partial charge is 0.477 e. The molecule has 0 saturated carbocycles. The molecular weight excluding hydrogens is 356 g/mol. The van der Waals surface area contributed by atoms with Crippen LogP contribution >= 0.6 is 11.8 Å². The first-order valence-electron chi connectivity index (χ1n) is 8.06. The second kappa shape index (κ2) is 6.95. The number of carboxylic acid groups (broad SMARTS) is 1. The molecule has 1 aromatic rings. The van der Waals surface area contributed by atoms with E-state index in [1.54, 1.807) is 7.05 Å². The SMILES string of the molecule is CC(=O)C1=C(C(=O)O)N2C(=O)CC2SC1N(C)C(=O)Cc1ccccc1. The Morgan fingerprint density at radius 1 is 1.27 bits per heavy atom. The van der Waals surface area contributed by atoms with Crippen LogP contribution < -0.4 is 0 Å². The lowest BCUT2D eigenvalue weighted by Gasteiger charge is -2.47. The van der Waals surface area contributed by atoms with Gasteiger partial charge in [-0.2, -0.15) is 0 Å². The van der Waals surface area contributed by atoms with Crippen LogP contribution in [0, 0.1) is 0 Å². The fraction of sp³-hybridized carbons (Fsp3) is 0.333. The number of ketones is 1. The van der Waals surface area contributed by atoms with Gasteiger partial charge in [-0.25, -0.2) is 4.79 Å². The van der Waals surface area contributed by atoms with Gasteiger partial charge in [-0.3, -0.25) is 19.3 Å². The van der Waals surface area contributed by atoms with Gasteiger partial charge in [0.1, 0.15) is 11.1 Å². The standard InChI is InChI=1S/C18H18N2O5S/c1-10(21)15-16(18(24)25)20-13(23)9-14(20)26-17(15)19(2)12(22)8-11-6-4-3-5-7-11/h3-7,14,17H,8-9H2,1-2H3,(H,24,25). The van der Waals surface area contributed by atoms with Crippen molar-refractivity contribution in [3.8, 4) is 0 Å². The van der Waals surface area contributed by atoms with E-state index in [0.29, 0.717) is 0 Å². The van der Waals surface area contributed by atoms with Crippen molar-refractivity contribution in [2.24, 2.45) is 0 Å². The van der Waals surface area contributed by atoms with Gasteiger partial charge in [0.25, 0.3) is 0 Å². The number of Topliss-reactive ketones (excluding diaryl/α,β-unsaturated/α-hetero) is 1. The minimum Gasteiger partial charge on any atom is -0.477 e. The Kier molecular flexibility index (Phi) is 4.86. The Balaban J connectivity index is 1.93. The third-order valence-electron chi connectivity index (χ3n) is 4.46. The van der Waals surface area contributed by atoms with E-state index in [4.69, 9.17) is 0 Å². The number of hydrogen-bond donors (Lipinski definition) is 1. The molecule has 2 amide bonds. The first kappa shape index (κ1) is 18.2. The van der Waals surface area contributed by atoms with Crippen molar-refractivity contribution in [3.05, 3.63) is 47.2 Å². The summed E-state index contributed by atoms with van der Waals surface area (Å²) in [6.07, 6.45) is 0.346. The summed E-state index contributed by atoms with van der Waals surface area (Å²) >= 11 is 1.26. The van der Waals surface area contributed by atoms with E-state index in [1.165, 1.54) is 23.6 Å². The smallest absolute Gasteiger partial charge is 0.353 e. The molecule has 0 radical (unpaired) electrons. The highest BCUT2D eigenvalue weighted by atomic mass is 32.2. The number of amides is 2.